The van der Waals surface area contributed by atoms with Crippen LogP contribution in [0.25, 0.3) is 0 Å². The van der Waals surface area contributed by atoms with Crippen molar-refractivity contribution in [3.05, 3.63) is 0 Å². The van der Waals surface area contributed by atoms with Gasteiger partial charge < -0.3 is 10.2 Å². The molecule has 2 nitrogen and oxygen atoms in total. The molecule has 0 amide bonds. The first-order valence-corrected chi connectivity index (χ1v) is 6.81. The van der Waals surface area contributed by atoms with Crippen LogP contribution in [0.3, 0.4) is 0 Å². The van der Waals surface area contributed by atoms with Crippen LogP contribution in [-0.4, -0.2) is 38.1 Å². The summed E-state index contributed by atoms with van der Waals surface area (Å²) in [6.07, 6.45) is 4.32. The number of piperidine rings is 1. The van der Waals surface area contributed by atoms with E-state index in [1.807, 2.05) is 0 Å². The normalized spacial score (nSPS) is 28.7. The van der Waals surface area contributed by atoms with Crippen molar-refractivity contribution in [2.24, 2.45) is 16.7 Å². The van der Waals surface area contributed by atoms with Gasteiger partial charge in [0.15, 0.2) is 0 Å². The highest BCUT2D eigenvalue weighted by atomic mass is 15.1. The molecule has 2 aliphatic rings. The van der Waals surface area contributed by atoms with Gasteiger partial charge in [-0.05, 0) is 56.1 Å². The summed E-state index contributed by atoms with van der Waals surface area (Å²) in [6, 6.07) is 0. The minimum atomic E-state index is 0.435. The molecule has 1 saturated heterocycles. The second-order valence-electron chi connectivity index (χ2n) is 7.27. The zero-order valence-corrected chi connectivity index (χ0v) is 11.5. The Morgan fingerprint density at radius 1 is 1.25 bits per heavy atom. The number of rotatable bonds is 3. The standard InChI is InChI=1S/C14H28N2/c1-13(2,3)11-16(4)10-12-9-14(12)5-7-15-8-6-14/h12,15H,5-11H2,1-4H3. The quantitative estimate of drug-likeness (QED) is 0.791. The van der Waals surface area contributed by atoms with Gasteiger partial charge in [0.2, 0.25) is 0 Å². The van der Waals surface area contributed by atoms with Crippen molar-refractivity contribution in [2.75, 3.05) is 33.2 Å². The maximum atomic E-state index is 3.48. The third-order valence-corrected chi connectivity index (χ3v) is 4.23. The van der Waals surface area contributed by atoms with E-state index in [2.05, 4.69) is 38.0 Å². The molecule has 1 heterocycles. The van der Waals surface area contributed by atoms with E-state index in [1.165, 1.54) is 45.4 Å². The van der Waals surface area contributed by atoms with E-state index in [-0.39, 0.29) is 0 Å². The molecule has 1 aliphatic carbocycles. The lowest BCUT2D eigenvalue weighted by Crippen LogP contribution is -2.34. The van der Waals surface area contributed by atoms with Crippen LogP contribution in [0.5, 0.6) is 0 Å². The van der Waals surface area contributed by atoms with Gasteiger partial charge in [-0.25, -0.2) is 0 Å². The Bertz CT molecular complexity index is 236. The lowest BCUT2D eigenvalue weighted by molar-refractivity contribution is 0.202. The Balaban J connectivity index is 1.75. The maximum Gasteiger partial charge on any atom is 0.00271 e. The van der Waals surface area contributed by atoms with Crippen molar-refractivity contribution in [3.8, 4) is 0 Å². The summed E-state index contributed by atoms with van der Waals surface area (Å²) in [5.74, 6) is 0.988. The number of hydrogen-bond donors (Lipinski definition) is 1. The smallest absolute Gasteiger partial charge is 0.00271 e. The van der Waals surface area contributed by atoms with Crippen molar-refractivity contribution in [1.29, 1.82) is 0 Å². The van der Waals surface area contributed by atoms with Crippen molar-refractivity contribution in [3.63, 3.8) is 0 Å². The molecular weight excluding hydrogens is 196 g/mol. The summed E-state index contributed by atoms with van der Waals surface area (Å²) in [6.45, 7) is 12.0. The zero-order valence-electron chi connectivity index (χ0n) is 11.5. The van der Waals surface area contributed by atoms with Gasteiger partial charge in [-0.3, -0.25) is 0 Å². The monoisotopic (exact) mass is 224 g/mol. The fourth-order valence-corrected chi connectivity index (χ4v) is 3.48. The molecule has 2 rings (SSSR count). The van der Waals surface area contributed by atoms with E-state index >= 15 is 0 Å². The van der Waals surface area contributed by atoms with Gasteiger partial charge in [-0.2, -0.15) is 0 Å². The summed E-state index contributed by atoms with van der Waals surface area (Å²) in [5, 5.41) is 3.48. The first kappa shape index (κ1) is 12.4. The van der Waals surface area contributed by atoms with Gasteiger partial charge >= 0.3 is 0 Å². The first-order chi connectivity index (χ1) is 7.41. The van der Waals surface area contributed by atoms with Gasteiger partial charge in [-0.1, -0.05) is 20.8 Å². The summed E-state index contributed by atoms with van der Waals surface area (Å²) in [4.78, 5) is 2.54. The largest absolute Gasteiger partial charge is 0.317 e. The predicted octanol–water partition coefficient (Wildman–Crippen LogP) is 2.35. The highest BCUT2D eigenvalue weighted by Gasteiger charge is 2.53. The van der Waals surface area contributed by atoms with Crippen LogP contribution in [-0.2, 0) is 0 Å². The van der Waals surface area contributed by atoms with E-state index in [1.54, 1.807) is 0 Å². The van der Waals surface area contributed by atoms with Crippen LogP contribution < -0.4 is 5.32 Å². The molecule has 0 radical (unpaired) electrons. The van der Waals surface area contributed by atoms with Gasteiger partial charge in [0, 0.05) is 13.1 Å². The fourth-order valence-electron chi connectivity index (χ4n) is 3.48. The van der Waals surface area contributed by atoms with Crippen LogP contribution in [0.15, 0.2) is 0 Å². The van der Waals surface area contributed by atoms with E-state index < -0.39 is 0 Å². The Morgan fingerprint density at radius 3 is 2.44 bits per heavy atom. The summed E-state index contributed by atoms with van der Waals surface area (Å²) in [5.41, 5.74) is 1.18. The summed E-state index contributed by atoms with van der Waals surface area (Å²) < 4.78 is 0. The van der Waals surface area contributed by atoms with Gasteiger partial charge in [0.1, 0.15) is 0 Å². The molecule has 1 atom stereocenters. The Hall–Kier alpha value is -0.0800. The minimum absolute atomic E-state index is 0.435. The molecule has 1 aliphatic heterocycles. The molecule has 1 spiro atoms. The van der Waals surface area contributed by atoms with Gasteiger partial charge in [0.05, 0.1) is 0 Å². The Morgan fingerprint density at radius 2 is 1.88 bits per heavy atom. The summed E-state index contributed by atoms with van der Waals surface area (Å²) in [7, 11) is 2.29. The van der Waals surface area contributed by atoms with Crippen LogP contribution in [0.4, 0.5) is 0 Å². The highest BCUT2D eigenvalue weighted by molar-refractivity contribution is 5.05. The number of hydrogen-bond acceptors (Lipinski definition) is 2. The molecule has 0 aromatic rings. The zero-order chi connectivity index (χ0) is 11.8. The fraction of sp³-hybridized carbons (Fsp3) is 1.00. The second-order valence-corrected chi connectivity index (χ2v) is 7.27. The van der Waals surface area contributed by atoms with Crippen LogP contribution >= 0.6 is 0 Å². The third kappa shape index (κ3) is 2.98. The molecule has 1 saturated carbocycles. The van der Waals surface area contributed by atoms with Gasteiger partial charge in [-0.15, -0.1) is 0 Å². The van der Waals surface area contributed by atoms with E-state index in [4.69, 9.17) is 0 Å². The molecule has 0 aromatic heterocycles. The van der Waals surface area contributed by atoms with Crippen LogP contribution in [0.1, 0.15) is 40.0 Å². The molecule has 2 heteroatoms. The average molecular weight is 224 g/mol. The lowest BCUT2D eigenvalue weighted by atomic mass is 9.91. The van der Waals surface area contributed by atoms with E-state index in [0.29, 0.717) is 5.41 Å². The lowest BCUT2D eigenvalue weighted by Gasteiger charge is -2.29. The third-order valence-electron chi connectivity index (χ3n) is 4.23. The van der Waals surface area contributed by atoms with Crippen LogP contribution in [0.2, 0.25) is 0 Å². The molecule has 2 fully saturated rings. The number of nitrogens with zero attached hydrogens (tertiary/aromatic N) is 1. The maximum absolute atomic E-state index is 3.48. The SMILES string of the molecule is CN(CC1CC12CCNCC2)CC(C)(C)C. The first-order valence-electron chi connectivity index (χ1n) is 6.81. The highest BCUT2D eigenvalue weighted by Crippen LogP contribution is 2.58. The molecular formula is C14H28N2. The van der Waals surface area contributed by atoms with Gasteiger partial charge in [0.25, 0.3) is 0 Å². The Labute approximate surface area is 101 Å². The van der Waals surface area contributed by atoms with Crippen LogP contribution in [0, 0.1) is 16.7 Å². The molecule has 16 heavy (non-hydrogen) atoms. The molecule has 1 N–H and O–H groups in total. The topological polar surface area (TPSA) is 15.3 Å². The van der Waals surface area contributed by atoms with Crippen molar-refractivity contribution in [2.45, 2.75) is 40.0 Å². The minimum Gasteiger partial charge on any atom is -0.317 e. The Kier molecular flexibility index (Phi) is 3.33. The number of nitrogens with one attached hydrogen (secondary N) is 1. The predicted molar refractivity (Wildman–Crippen MR) is 69.6 cm³/mol. The van der Waals surface area contributed by atoms with Crippen molar-refractivity contribution in [1.82, 2.24) is 10.2 Å². The molecule has 94 valence electrons. The average Bonchev–Trinajstić information content (AvgIpc) is 2.75. The summed E-state index contributed by atoms with van der Waals surface area (Å²) >= 11 is 0. The van der Waals surface area contributed by atoms with E-state index in [0.717, 1.165) is 11.3 Å². The second kappa shape index (κ2) is 4.30. The molecule has 0 aromatic carbocycles. The van der Waals surface area contributed by atoms with E-state index in [9.17, 15) is 0 Å². The van der Waals surface area contributed by atoms with Crippen molar-refractivity contribution < 1.29 is 0 Å². The van der Waals surface area contributed by atoms with Crippen molar-refractivity contribution >= 4 is 0 Å². The molecule has 0 bridgehead atoms. The molecule has 1 unspecified atom stereocenters.